The van der Waals surface area contributed by atoms with Crippen molar-refractivity contribution in [1.29, 1.82) is 0 Å². The van der Waals surface area contributed by atoms with E-state index in [0.717, 1.165) is 42.5 Å². The lowest BCUT2D eigenvalue weighted by Gasteiger charge is -2.34. The lowest BCUT2D eigenvalue weighted by molar-refractivity contribution is -0.113. The minimum Gasteiger partial charge on any atom is -0.314 e. The molecule has 2 aliphatic heterocycles. The second-order valence-electron chi connectivity index (χ2n) is 6.82. The number of likely N-dealkylation sites (N-methyl/N-ethyl adjacent to an activating group) is 1. The van der Waals surface area contributed by atoms with Gasteiger partial charge in [0, 0.05) is 30.7 Å². The van der Waals surface area contributed by atoms with E-state index in [4.69, 9.17) is 11.6 Å². The third-order valence-corrected chi connectivity index (χ3v) is 6.15. The number of carbonyl (C=O) groups excluding carboxylic acids is 2. The summed E-state index contributed by atoms with van der Waals surface area (Å²) in [6, 6.07) is 15.0. The Bertz CT molecular complexity index is 945. The largest absolute Gasteiger partial charge is 0.314 e. The van der Waals surface area contributed by atoms with Gasteiger partial charge in [0.2, 0.25) is 0 Å². The number of piperazine rings is 1. The van der Waals surface area contributed by atoms with Gasteiger partial charge in [-0.25, -0.2) is 4.90 Å². The molecule has 0 spiro atoms. The standard InChI is InChI=1S/C21H20ClN3O2S/c1-24-11-10-23-13-18(24)17-5-3-2-4-14(17)12-19-20(26)25(21(27)28-19)16-8-6-15(22)7-9-16/h2-9,12,18,23H,10-11,13H2,1H3. The molecule has 2 aromatic carbocycles. The number of imide groups is 1. The smallest absolute Gasteiger partial charge is 0.298 e. The van der Waals surface area contributed by atoms with Gasteiger partial charge in [-0.05, 0) is 60.3 Å². The van der Waals surface area contributed by atoms with Gasteiger partial charge in [-0.2, -0.15) is 0 Å². The molecule has 2 fully saturated rings. The van der Waals surface area contributed by atoms with Crippen LogP contribution in [0.1, 0.15) is 17.2 Å². The predicted octanol–water partition coefficient (Wildman–Crippen LogP) is 4.16. The molecule has 4 rings (SSSR count). The van der Waals surface area contributed by atoms with Gasteiger partial charge in [0.05, 0.1) is 10.6 Å². The molecule has 5 nitrogen and oxygen atoms in total. The molecular weight excluding hydrogens is 394 g/mol. The highest BCUT2D eigenvalue weighted by molar-refractivity contribution is 8.19. The van der Waals surface area contributed by atoms with Crippen molar-refractivity contribution in [2.45, 2.75) is 6.04 Å². The molecule has 0 aliphatic carbocycles. The summed E-state index contributed by atoms with van der Waals surface area (Å²) in [4.78, 5) is 29.3. The van der Waals surface area contributed by atoms with E-state index in [1.807, 2.05) is 24.3 Å². The molecule has 1 N–H and O–H groups in total. The summed E-state index contributed by atoms with van der Waals surface area (Å²) in [7, 11) is 2.11. The number of thioether (sulfide) groups is 1. The SMILES string of the molecule is CN1CCNCC1c1ccccc1C=C1SC(=O)N(c2ccc(Cl)cc2)C1=O. The minimum absolute atomic E-state index is 0.228. The summed E-state index contributed by atoms with van der Waals surface area (Å²) in [5.74, 6) is -0.303. The maximum Gasteiger partial charge on any atom is 0.298 e. The molecule has 28 heavy (non-hydrogen) atoms. The van der Waals surface area contributed by atoms with Crippen molar-refractivity contribution in [3.05, 3.63) is 69.6 Å². The van der Waals surface area contributed by atoms with Crippen molar-refractivity contribution in [2.24, 2.45) is 0 Å². The fourth-order valence-electron chi connectivity index (χ4n) is 3.52. The Hall–Kier alpha value is -2.12. The number of nitrogens with zero attached hydrogens (tertiary/aromatic N) is 2. The van der Waals surface area contributed by atoms with Gasteiger partial charge in [-0.1, -0.05) is 35.9 Å². The maximum atomic E-state index is 12.9. The van der Waals surface area contributed by atoms with Crippen molar-refractivity contribution in [1.82, 2.24) is 10.2 Å². The zero-order valence-corrected chi connectivity index (χ0v) is 17.0. The fourth-order valence-corrected chi connectivity index (χ4v) is 4.48. The highest BCUT2D eigenvalue weighted by Crippen LogP contribution is 2.37. The predicted molar refractivity (Wildman–Crippen MR) is 115 cm³/mol. The number of halogens is 1. The third-order valence-electron chi connectivity index (χ3n) is 5.03. The average Bonchev–Trinajstić information content (AvgIpc) is 2.97. The second-order valence-corrected chi connectivity index (χ2v) is 8.25. The summed E-state index contributed by atoms with van der Waals surface area (Å²) >= 11 is 6.88. The number of hydrogen-bond acceptors (Lipinski definition) is 5. The van der Waals surface area contributed by atoms with Crippen LogP contribution in [0.4, 0.5) is 10.5 Å². The number of hydrogen-bond donors (Lipinski definition) is 1. The van der Waals surface area contributed by atoms with Crippen LogP contribution in [0.15, 0.2) is 53.4 Å². The van der Waals surface area contributed by atoms with Crippen LogP contribution in [-0.2, 0) is 4.79 Å². The summed E-state index contributed by atoms with van der Waals surface area (Å²) < 4.78 is 0. The molecule has 2 heterocycles. The quantitative estimate of drug-likeness (QED) is 0.766. The Labute approximate surface area is 173 Å². The van der Waals surface area contributed by atoms with Crippen molar-refractivity contribution >= 4 is 46.3 Å². The Morgan fingerprint density at radius 1 is 1.14 bits per heavy atom. The van der Waals surface area contributed by atoms with E-state index in [2.05, 4.69) is 23.3 Å². The van der Waals surface area contributed by atoms with Crippen molar-refractivity contribution in [2.75, 3.05) is 31.6 Å². The highest BCUT2D eigenvalue weighted by atomic mass is 35.5. The summed E-state index contributed by atoms with van der Waals surface area (Å²) in [6.45, 7) is 2.79. The fraction of sp³-hybridized carbons (Fsp3) is 0.238. The number of benzene rings is 2. The molecule has 1 atom stereocenters. The normalized spacial score (nSPS) is 22.3. The summed E-state index contributed by atoms with van der Waals surface area (Å²) in [5.41, 5.74) is 2.64. The van der Waals surface area contributed by atoms with Gasteiger partial charge in [0.25, 0.3) is 11.1 Å². The number of amides is 2. The Balaban J connectivity index is 1.66. The molecule has 2 aromatic rings. The van der Waals surface area contributed by atoms with Gasteiger partial charge < -0.3 is 5.32 Å². The zero-order valence-electron chi connectivity index (χ0n) is 15.4. The highest BCUT2D eigenvalue weighted by Gasteiger charge is 2.36. The summed E-state index contributed by atoms with van der Waals surface area (Å²) in [5, 5.41) is 3.69. The van der Waals surface area contributed by atoms with Gasteiger partial charge in [0.15, 0.2) is 0 Å². The van der Waals surface area contributed by atoms with E-state index in [9.17, 15) is 9.59 Å². The Kier molecular flexibility index (Phi) is 5.55. The first-order chi connectivity index (χ1) is 13.5. The third kappa shape index (κ3) is 3.73. The molecule has 7 heteroatoms. The molecule has 0 aromatic heterocycles. The zero-order chi connectivity index (χ0) is 19.7. The molecule has 0 radical (unpaired) electrons. The maximum absolute atomic E-state index is 12.9. The number of anilines is 1. The van der Waals surface area contributed by atoms with Crippen molar-refractivity contribution in [3.8, 4) is 0 Å². The Morgan fingerprint density at radius 3 is 2.64 bits per heavy atom. The molecule has 0 bridgehead atoms. The lowest BCUT2D eigenvalue weighted by Crippen LogP contribution is -2.44. The van der Waals surface area contributed by atoms with Crippen LogP contribution in [0, 0.1) is 0 Å². The van der Waals surface area contributed by atoms with Crippen LogP contribution in [0.2, 0.25) is 5.02 Å². The van der Waals surface area contributed by atoms with E-state index in [-0.39, 0.29) is 17.2 Å². The number of rotatable bonds is 3. The monoisotopic (exact) mass is 413 g/mol. The van der Waals surface area contributed by atoms with E-state index < -0.39 is 0 Å². The van der Waals surface area contributed by atoms with Crippen LogP contribution >= 0.6 is 23.4 Å². The summed E-state index contributed by atoms with van der Waals surface area (Å²) in [6.07, 6.45) is 1.83. The van der Waals surface area contributed by atoms with Gasteiger partial charge in [0.1, 0.15) is 0 Å². The first kappa shape index (κ1) is 19.2. The average molecular weight is 414 g/mol. The molecule has 144 valence electrons. The van der Waals surface area contributed by atoms with Gasteiger partial charge in [-0.15, -0.1) is 0 Å². The first-order valence-corrected chi connectivity index (χ1v) is 10.3. The van der Waals surface area contributed by atoms with Crippen molar-refractivity contribution in [3.63, 3.8) is 0 Å². The molecule has 2 amide bonds. The molecule has 1 unspecified atom stereocenters. The lowest BCUT2D eigenvalue weighted by atomic mass is 9.97. The van der Waals surface area contributed by atoms with E-state index in [1.165, 1.54) is 4.90 Å². The number of nitrogens with one attached hydrogen (secondary N) is 1. The van der Waals surface area contributed by atoms with Crippen LogP contribution < -0.4 is 10.2 Å². The van der Waals surface area contributed by atoms with E-state index >= 15 is 0 Å². The van der Waals surface area contributed by atoms with Crippen LogP contribution in [0.3, 0.4) is 0 Å². The minimum atomic E-state index is -0.303. The van der Waals surface area contributed by atoms with Gasteiger partial charge >= 0.3 is 0 Å². The molecule has 0 saturated carbocycles. The van der Waals surface area contributed by atoms with Crippen LogP contribution in [0.25, 0.3) is 6.08 Å². The topological polar surface area (TPSA) is 52.7 Å². The first-order valence-electron chi connectivity index (χ1n) is 9.08. The molecular formula is C21H20ClN3O2S. The van der Waals surface area contributed by atoms with Crippen LogP contribution in [-0.4, -0.2) is 42.7 Å². The molecule has 2 saturated heterocycles. The van der Waals surface area contributed by atoms with E-state index in [1.54, 1.807) is 24.3 Å². The van der Waals surface area contributed by atoms with E-state index in [0.29, 0.717) is 15.6 Å². The number of carbonyl (C=O) groups is 2. The Morgan fingerprint density at radius 2 is 1.89 bits per heavy atom. The second kappa shape index (κ2) is 8.09. The van der Waals surface area contributed by atoms with Crippen molar-refractivity contribution < 1.29 is 9.59 Å². The van der Waals surface area contributed by atoms with Crippen LogP contribution in [0.5, 0.6) is 0 Å². The van der Waals surface area contributed by atoms with Gasteiger partial charge in [-0.3, -0.25) is 14.5 Å². The molecule has 2 aliphatic rings.